The van der Waals surface area contributed by atoms with Crippen molar-refractivity contribution in [1.29, 1.82) is 0 Å². The van der Waals surface area contributed by atoms with Crippen molar-refractivity contribution >= 4 is 21.6 Å². The van der Waals surface area contributed by atoms with Gasteiger partial charge in [-0.25, -0.2) is 9.37 Å². The summed E-state index contributed by atoms with van der Waals surface area (Å²) in [5, 5.41) is 0.532. The summed E-state index contributed by atoms with van der Waals surface area (Å²) in [6.07, 6.45) is 3.41. The standard InChI is InChI=1S/C18H12FN3OS/c1-10-21-17(23)15-14(11-2-4-13(19)5-3-11)16(24-18(15)22-10)12-6-8-20-9-7-12/h2-9H,1H3,(H,21,22,23). The number of aryl methyl sites for hydroxylation is 1. The van der Waals surface area contributed by atoms with Gasteiger partial charge in [0.2, 0.25) is 0 Å². The van der Waals surface area contributed by atoms with Gasteiger partial charge in [0.1, 0.15) is 16.5 Å². The van der Waals surface area contributed by atoms with E-state index in [1.165, 1.54) is 23.5 Å². The molecule has 1 N–H and O–H groups in total. The lowest BCUT2D eigenvalue weighted by Crippen LogP contribution is -2.08. The molecule has 0 bridgehead atoms. The molecule has 0 atom stereocenters. The molecule has 0 unspecified atom stereocenters. The van der Waals surface area contributed by atoms with Gasteiger partial charge in [-0.1, -0.05) is 12.1 Å². The fourth-order valence-electron chi connectivity index (χ4n) is 2.71. The Morgan fingerprint density at radius 1 is 1.04 bits per heavy atom. The first-order valence-electron chi connectivity index (χ1n) is 7.33. The smallest absolute Gasteiger partial charge is 0.260 e. The molecule has 0 aliphatic rings. The first kappa shape index (κ1) is 14.7. The monoisotopic (exact) mass is 337 g/mol. The number of nitrogens with zero attached hydrogens (tertiary/aromatic N) is 2. The summed E-state index contributed by atoms with van der Waals surface area (Å²) in [7, 11) is 0. The molecule has 3 aromatic heterocycles. The van der Waals surface area contributed by atoms with Crippen LogP contribution in [0.3, 0.4) is 0 Å². The Balaban J connectivity index is 2.12. The van der Waals surface area contributed by atoms with Crippen molar-refractivity contribution in [2.75, 3.05) is 0 Å². The van der Waals surface area contributed by atoms with Crippen molar-refractivity contribution in [3.63, 3.8) is 0 Å². The topological polar surface area (TPSA) is 58.6 Å². The molecule has 0 saturated carbocycles. The lowest BCUT2D eigenvalue weighted by atomic mass is 10.0. The first-order chi connectivity index (χ1) is 11.6. The third kappa shape index (κ3) is 2.41. The maximum atomic E-state index is 13.3. The number of thiophene rings is 1. The van der Waals surface area contributed by atoms with Crippen LogP contribution < -0.4 is 5.56 Å². The van der Waals surface area contributed by atoms with E-state index in [0.717, 1.165) is 21.6 Å². The number of benzene rings is 1. The van der Waals surface area contributed by atoms with Crippen LogP contribution in [0, 0.1) is 12.7 Å². The highest BCUT2D eigenvalue weighted by molar-refractivity contribution is 7.22. The highest BCUT2D eigenvalue weighted by Gasteiger charge is 2.19. The van der Waals surface area contributed by atoms with Crippen molar-refractivity contribution in [1.82, 2.24) is 15.0 Å². The molecule has 6 heteroatoms. The molecular weight excluding hydrogens is 325 g/mol. The third-order valence-corrected chi connectivity index (χ3v) is 4.89. The van der Waals surface area contributed by atoms with E-state index in [0.29, 0.717) is 16.0 Å². The summed E-state index contributed by atoms with van der Waals surface area (Å²) in [6, 6.07) is 9.93. The largest absolute Gasteiger partial charge is 0.310 e. The Labute approximate surface area is 140 Å². The number of H-pyrrole nitrogens is 1. The number of fused-ring (bicyclic) bond motifs is 1. The molecule has 3 heterocycles. The number of halogens is 1. The SMILES string of the molecule is Cc1nc2sc(-c3ccncc3)c(-c3ccc(F)cc3)c2c(=O)[nH]1. The molecule has 0 aliphatic heterocycles. The summed E-state index contributed by atoms with van der Waals surface area (Å²) >= 11 is 1.45. The minimum atomic E-state index is -0.313. The predicted molar refractivity (Wildman–Crippen MR) is 93.6 cm³/mol. The van der Waals surface area contributed by atoms with E-state index in [1.54, 1.807) is 31.5 Å². The van der Waals surface area contributed by atoms with Crippen molar-refractivity contribution in [2.45, 2.75) is 6.92 Å². The number of hydrogen-bond acceptors (Lipinski definition) is 4. The lowest BCUT2D eigenvalue weighted by Gasteiger charge is -2.05. The van der Waals surface area contributed by atoms with Crippen LogP contribution in [0.1, 0.15) is 5.82 Å². The summed E-state index contributed by atoms with van der Waals surface area (Å²) in [5.74, 6) is 0.257. The van der Waals surface area contributed by atoms with Gasteiger partial charge in [-0.2, -0.15) is 0 Å². The minimum absolute atomic E-state index is 0.187. The van der Waals surface area contributed by atoms with Crippen LogP contribution in [0.5, 0.6) is 0 Å². The zero-order chi connectivity index (χ0) is 16.7. The van der Waals surface area contributed by atoms with Gasteiger partial charge in [-0.3, -0.25) is 9.78 Å². The maximum absolute atomic E-state index is 13.3. The minimum Gasteiger partial charge on any atom is -0.310 e. The molecule has 4 aromatic rings. The van der Waals surface area contributed by atoms with E-state index < -0.39 is 0 Å². The second kappa shape index (κ2) is 5.65. The van der Waals surface area contributed by atoms with Gasteiger partial charge in [0.05, 0.1) is 5.39 Å². The molecule has 0 amide bonds. The molecule has 0 saturated heterocycles. The molecule has 4 nitrogen and oxygen atoms in total. The molecule has 0 aliphatic carbocycles. The van der Waals surface area contributed by atoms with Gasteiger partial charge in [-0.15, -0.1) is 11.3 Å². The van der Waals surface area contributed by atoms with E-state index >= 15 is 0 Å². The van der Waals surface area contributed by atoms with Crippen LogP contribution in [0.25, 0.3) is 31.8 Å². The molecular formula is C18H12FN3OS. The summed E-state index contributed by atoms with van der Waals surface area (Å²) in [6.45, 7) is 1.75. The molecule has 4 rings (SSSR count). The van der Waals surface area contributed by atoms with Crippen molar-refractivity contribution in [3.05, 3.63) is 70.8 Å². The van der Waals surface area contributed by atoms with E-state index in [4.69, 9.17) is 0 Å². The average molecular weight is 337 g/mol. The number of hydrogen-bond donors (Lipinski definition) is 1. The van der Waals surface area contributed by atoms with Gasteiger partial charge in [0.25, 0.3) is 5.56 Å². The van der Waals surface area contributed by atoms with Crippen molar-refractivity contribution < 1.29 is 4.39 Å². The van der Waals surface area contributed by atoms with Gasteiger partial charge in [0.15, 0.2) is 0 Å². The Bertz CT molecular complexity index is 1090. The van der Waals surface area contributed by atoms with Gasteiger partial charge in [-0.05, 0) is 42.3 Å². The first-order valence-corrected chi connectivity index (χ1v) is 8.15. The fraction of sp³-hybridized carbons (Fsp3) is 0.0556. The summed E-state index contributed by atoms with van der Waals surface area (Å²) < 4.78 is 13.3. The fourth-order valence-corrected chi connectivity index (χ4v) is 3.96. The normalized spacial score (nSPS) is 11.1. The zero-order valence-corrected chi connectivity index (χ0v) is 13.5. The third-order valence-electron chi connectivity index (χ3n) is 3.76. The molecule has 1 aromatic carbocycles. The number of nitrogens with one attached hydrogen (secondary N) is 1. The Kier molecular flexibility index (Phi) is 3.46. The number of aromatic amines is 1. The summed E-state index contributed by atoms with van der Waals surface area (Å²) in [5.41, 5.74) is 2.32. The Morgan fingerprint density at radius 2 is 1.75 bits per heavy atom. The van der Waals surface area contributed by atoms with Crippen molar-refractivity contribution in [2.24, 2.45) is 0 Å². The zero-order valence-electron chi connectivity index (χ0n) is 12.7. The number of pyridine rings is 1. The van der Waals surface area contributed by atoms with E-state index in [1.807, 2.05) is 12.1 Å². The van der Waals surface area contributed by atoms with Gasteiger partial charge < -0.3 is 4.98 Å². The quantitative estimate of drug-likeness (QED) is 0.597. The van der Waals surface area contributed by atoms with Gasteiger partial charge >= 0.3 is 0 Å². The Morgan fingerprint density at radius 3 is 2.46 bits per heavy atom. The van der Waals surface area contributed by atoms with Crippen LogP contribution in [0.15, 0.2) is 53.6 Å². The maximum Gasteiger partial charge on any atom is 0.260 e. The van der Waals surface area contributed by atoms with Crippen LogP contribution in [0.2, 0.25) is 0 Å². The van der Waals surface area contributed by atoms with E-state index in [9.17, 15) is 9.18 Å². The summed E-state index contributed by atoms with van der Waals surface area (Å²) in [4.78, 5) is 25.4. The van der Waals surface area contributed by atoms with Crippen LogP contribution >= 0.6 is 11.3 Å². The van der Waals surface area contributed by atoms with E-state index in [-0.39, 0.29) is 11.4 Å². The molecule has 118 valence electrons. The number of rotatable bonds is 2. The highest BCUT2D eigenvalue weighted by atomic mass is 32.1. The van der Waals surface area contributed by atoms with Crippen LogP contribution in [0.4, 0.5) is 4.39 Å². The molecule has 24 heavy (non-hydrogen) atoms. The number of aromatic nitrogens is 3. The van der Waals surface area contributed by atoms with E-state index in [2.05, 4.69) is 15.0 Å². The van der Waals surface area contributed by atoms with Crippen LogP contribution in [-0.4, -0.2) is 15.0 Å². The molecule has 0 radical (unpaired) electrons. The molecule has 0 spiro atoms. The average Bonchev–Trinajstić information content (AvgIpc) is 2.96. The second-order valence-corrected chi connectivity index (χ2v) is 6.38. The lowest BCUT2D eigenvalue weighted by molar-refractivity contribution is 0.628. The van der Waals surface area contributed by atoms with Crippen LogP contribution in [-0.2, 0) is 0 Å². The van der Waals surface area contributed by atoms with Crippen molar-refractivity contribution in [3.8, 4) is 21.6 Å². The highest BCUT2D eigenvalue weighted by Crippen LogP contribution is 2.42. The predicted octanol–water partition coefficient (Wildman–Crippen LogP) is 4.16. The second-order valence-electron chi connectivity index (χ2n) is 5.38. The van der Waals surface area contributed by atoms with Gasteiger partial charge in [0, 0.05) is 22.8 Å². The molecule has 0 fully saturated rings. The Hall–Kier alpha value is -2.86.